The second kappa shape index (κ2) is 17.2. The van der Waals surface area contributed by atoms with Crippen LogP contribution in [0.3, 0.4) is 0 Å². The lowest BCUT2D eigenvalue weighted by Crippen LogP contribution is -2.58. The Morgan fingerprint density at radius 3 is 2.37 bits per heavy atom. The van der Waals surface area contributed by atoms with Crippen LogP contribution in [0, 0.1) is 5.92 Å². The molecular weight excluding hydrogens is 663 g/mol. The monoisotopic (exact) mass is 711 g/mol. The normalized spacial score (nSPS) is 18.8. The van der Waals surface area contributed by atoms with Gasteiger partial charge < -0.3 is 21.1 Å². The van der Waals surface area contributed by atoms with E-state index in [2.05, 4.69) is 30.9 Å². The Labute approximate surface area is 304 Å². The minimum absolute atomic E-state index is 0.0196. The van der Waals surface area contributed by atoms with E-state index >= 15 is 0 Å². The molecule has 0 unspecified atom stereocenters. The quantitative estimate of drug-likeness (QED) is 0.140. The van der Waals surface area contributed by atoms with Crippen LogP contribution in [-0.4, -0.2) is 90.8 Å². The standard InChI is InChI=1S/C39H49N7O4S/c1-6-25(2)34(44-35(48)30-18-17-27-15-10-11-16-29(27)42-30)37(50)43-31(21-26-13-8-7-9-14-26)33(47)24-46-23-28(51-38-40-19-12-20-41-38)22-32(46)36(49)45-39(3,4)5/h7-20,25,28,31-34,47H,6,21-24H2,1-5H3,(H,43,50)(H,44,48)(H,45,49)/t25-,28+,31-,32-,33+,34-/m0/s1. The van der Waals surface area contributed by atoms with Crippen LogP contribution in [0.2, 0.25) is 0 Å². The first-order valence-electron chi connectivity index (χ1n) is 17.6. The van der Waals surface area contributed by atoms with E-state index in [0.717, 1.165) is 10.9 Å². The summed E-state index contributed by atoms with van der Waals surface area (Å²) >= 11 is 1.52. The molecule has 4 aromatic rings. The second-order valence-corrected chi connectivity index (χ2v) is 15.6. The lowest BCUT2D eigenvalue weighted by molar-refractivity contribution is -0.128. The molecule has 12 heteroatoms. The van der Waals surface area contributed by atoms with E-state index in [9.17, 15) is 19.5 Å². The number of hydrogen-bond acceptors (Lipinski definition) is 9. The maximum Gasteiger partial charge on any atom is 0.270 e. The summed E-state index contributed by atoms with van der Waals surface area (Å²) in [7, 11) is 0. The number of carbonyl (C=O) groups excluding carboxylic acids is 3. The Morgan fingerprint density at radius 1 is 0.961 bits per heavy atom. The van der Waals surface area contributed by atoms with Crippen molar-refractivity contribution in [3.8, 4) is 0 Å². The number of hydrogen-bond donors (Lipinski definition) is 4. The van der Waals surface area contributed by atoms with Crippen molar-refractivity contribution in [2.75, 3.05) is 13.1 Å². The number of para-hydroxylation sites is 1. The molecule has 5 rings (SSSR count). The lowest BCUT2D eigenvalue weighted by atomic mass is 9.95. The molecule has 0 spiro atoms. The summed E-state index contributed by atoms with van der Waals surface area (Å²) in [4.78, 5) is 56.4. The van der Waals surface area contributed by atoms with Gasteiger partial charge in [0.25, 0.3) is 5.91 Å². The summed E-state index contributed by atoms with van der Waals surface area (Å²) in [6, 6.07) is 20.4. The molecule has 2 aromatic carbocycles. The third-order valence-electron chi connectivity index (χ3n) is 9.11. The van der Waals surface area contributed by atoms with Crippen LogP contribution in [0.5, 0.6) is 0 Å². The molecule has 0 radical (unpaired) electrons. The maximum absolute atomic E-state index is 14.1. The van der Waals surface area contributed by atoms with E-state index in [4.69, 9.17) is 0 Å². The number of amides is 3. The highest BCUT2D eigenvalue weighted by atomic mass is 32.2. The minimum atomic E-state index is -1.04. The zero-order valence-corrected chi connectivity index (χ0v) is 30.8. The van der Waals surface area contributed by atoms with E-state index in [-0.39, 0.29) is 29.3 Å². The number of carbonyl (C=O) groups is 3. The number of pyridine rings is 1. The summed E-state index contributed by atoms with van der Waals surface area (Å²) in [6.45, 7) is 10.4. The van der Waals surface area contributed by atoms with Crippen LogP contribution in [0.1, 0.15) is 63.5 Å². The van der Waals surface area contributed by atoms with Gasteiger partial charge in [-0.1, -0.05) is 86.6 Å². The van der Waals surface area contributed by atoms with Crippen LogP contribution in [0.15, 0.2) is 90.3 Å². The van der Waals surface area contributed by atoms with E-state index in [1.54, 1.807) is 24.5 Å². The number of nitrogens with one attached hydrogen (secondary N) is 3. The molecule has 0 bridgehead atoms. The van der Waals surface area contributed by atoms with Crippen molar-refractivity contribution in [3.05, 3.63) is 96.4 Å². The van der Waals surface area contributed by atoms with Crippen molar-refractivity contribution in [1.82, 2.24) is 35.8 Å². The molecule has 11 nitrogen and oxygen atoms in total. The minimum Gasteiger partial charge on any atom is -0.390 e. The fraction of sp³-hybridized carbons (Fsp3) is 0.436. The van der Waals surface area contributed by atoms with Crippen LogP contribution >= 0.6 is 11.8 Å². The highest BCUT2D eigenvalue weighted by Gasteiger charge is 2.41. The first kappa shape index (κ1) is 37.9. The van der Waals surface area contributed by atoms with Crippen molar-refractivity contribution in [1.29, 1.82) is 0 Å². The predicted octanol–water partition coefficient (Wildman–Crippen LogP) is 4.41. The summed E-state index contributed by atoms with van der Waals surface area (Å²) in [5.74, 6) is -1.16. The number of likely N-dealkylation sites (tertiary alicyclic amines) is 1. The Bertz CT molecular complexity index is 1770. The maximum atomic E-state index is 14.1. The molecule has 1 fully saturated rings. The van der Waals surface area contributed by atoms with Gasteiger partial charge in [0, 0.05) is 41.7 Å². The SMILES string of the molecule is CC[C@H](C)[C@H](NC(=O)c1ccc2ccccc2n1)C(=O)N[C@@H](Cc1ccccc1)[C@H](O)CN1C[C@H](Sc2ncccn2)C[C@H]1C(=O)NC(C)(C)C. The van der Waals surface area contributed by atoms with E-state index in [1.807, 2.05) is 100 Å². The van der Waals surface area contributed by atoms with Gasteiger partial charge in [-0.15, -0.1) is 0 Å². The zero-order chi connectivity index (χ0) is 36.5. The highest BCUT2D eigenvalue weighted by molar-refractivity contribution is 7.99. The molecule has 3 heterocycles. The number of fused-ring (bicyclic) bond motifs is 1. The van der Waals surface area contributed by atoms with Gasteiger partial charge in [0.15, 0.2) is 5.16 Å². The first-order valence-corrected chi connectivity index (χ1v) is 18.5. The topological polar surface area (TPSA) is 149 Å². The number of thioether (sulfide) groups is 1. The molecule has 6 atom stereocenters. The number of aliphatic hydroxyl groups excluding tert-OH is 1. The van der Waals surface area contributed by atoms with Gasteiger partial charge in [-0.2, -0.15) is 0 Å². The molecule has 1 aliphatic heterocycles. The van der Waals surface area contributed by atoms with Crippen LogP contribution < -0.4 is 16.0 Å². The zero-order valence-electron chi connectivity index (χ0n) is 30.0. The number of aliphatic hydroxyl groups is 1. The van der Waals surface area contributed by atoms with Gasteiger partial charge in [0.1, 0.15) is 11.7 Å². The third kappa shape index (κ3) is 10.6. The van der Waals surface area contributed by atoms with Gasteiger partial charge >= 0.3 is 0 Å². The molecule has 2 aromatic heterocycles. The number of β-amino-alcohol motifs (C(OH)–C–C–N with tert-alkyl or cyclic N) is 1. The number of benzene rings is 2. The Balaban J connectivity index is 1.35. The fourth-order valence-electron chi connectivity index (χ4n) is 6.27. The molecule has 0 aliphatic carbocycles. The van der Waals surface area contributed by atoms with Crippen molar-refractivity contribution >= 4 is 40.4 Å². The molecule has 1 aliphatic rings. The van der Waals surface area contributed by atoms with E-state index < -0.39 is 41.6 Å². The summed E-state index contributed by atoms with van der Waals surface area (Å²) in [6.07, 6.45) is 3.89. The lowest BCUT2D eigenvalue weighted by Gasteiger charge is -2.33. The van der Waals surface area contributed by atoms with Gasteiger partial charge in [-0.05, 0) is 63.3 Å². The van der Waals surface area contributed by atoms with E-state index in [0.29, 0.717) is 36.5 Å². The predicted molar refractivity (Wildman–Crippen MR) is 200 cm³/mol. The van der Waals surface area contributed by atoms with Crippen molar-refractivity contribution in [2.45, 2.75) is 94.1 Å². The molecule has 1 saturated heterocycles. The van der Waals surface area contributed by atoms with E-state index in [1.165, 1.54) is 11.8 Å². The number of nitrogens with zero attached hydrogens (tertiary/aromatic N) is 4. The van der Waals surface area contributed by atoms with Crippen molar-refractivity contribution in [3.63, 3.8) is 0 Å². The Hall–Kier alpha value is -4.39. The van der Waals surface area contributed by atoms with Gasteiger partial charge in [-0.25, -0.2) is 15.0 Å². The van der Waals surface area contributed by atoms with Gasteiger partial charge in [-0.3, -0.25) is 19.3 Å². The smallest absolute Gasteiger partial charge is 0.270 e. The van der Waals surface area contributed by atoms with Gasteiger partial charge in [0.05, 0.1) is 23.7 Å². The molecule has 0 saturated carbocycles. The average Bonchev–Trinajstić information content (AvgIpc) is 3.51. The fourth-order valence-corrected chi connectivity index (χ4v) is 7.36. The Kier molecular flexibility index (Phi) is 12.8. The second-order valence-electron chi connectivity index (χ2n) is 14.3. The number of rotatable bonds is 14. The largest absolute Gasteiger partial charge is 0.390 e. The summed E-state index contributed by atoms with van der Waals surface area (Å²) in [5.41, 5.74) is 1.41. The van der Waals surface area contributed by atoms with Crippen molar-refractivity contribution in [2.24, 2.45) is 5.92 Å². The molecule has 4 N–H and O–H groups in total. The highest BCUT2D eigenvalue weighted by Crippen LogP contribution is 2.32. The van der Waals surface area contributed by atoms with Crippen LogP contribution in [-0.2, 0) is 16.0 Å². The van der Waals surface area contributed by atoms with Crippen LogP contribution in [0.4, 0.5) is 0 Å². The summed E-state index contributed by atoms with van der Waals surface area (Å²) < 4.78 is 0. The molecular formula is C39H49N7O4S. The van der Waals surface area contributed by atoms with Crippen molar-refractivity contribution < 1.29 is 19.5 Å². The average molecular weight is 712 g/mol. The van der Waals surface area contributed by atoms with Crippen LogP contribution in [0.25, 0.3) is 10.9 Å². The Morgan fingerprint density at radius 2 is 1.67 bits per heavy atom. The van der Waals surface area contributed by atoms with Gasteiger partial charge in [0.2, 0.25) is 11.8 Å². The molecule has 3 amide bonds. The summed E-state index contributed by atoms with van der Waals surface area (Å²) in [5, 5.41) is 22.6. The third-order valence-corrected chi connectivity index (χ3v) is 10.2. The first-order chi connectivity index (χ1) is 24.4. The molecule has 51 heavy (non-hydrogen) atoms. The number of aromatic nitrogens is 3. The molecule has 270 valence electrons.